The highest BCUT2D eigenvalue weighted by atomic mass is 19.1. The summed E-state index contributed by atoms with van der Waals surface area (Å²) in [5.74, 6) is 0.746. The Bertz CT molecular complexity index is 1420. The number of likely N-dealkylation sites (tertiary alicyclic amines) is 1. The molecule has 4 fully saturated rings. The summed E-state index contributed by atoms with van der Waals surface area (Å²) in [6, 6.07) is 4.27. The number of carbonyl (C=O) groups is 2. The summed E-state index contributed by atoms with van der Waals surface area (Å²) >= 11 is 0. The Morgan fingerprint density at radius 3 is 2.51 bits per heavy atom. The van der Waals surface area contributed by atoms with Crippen LogP contribution in [0.15, 0.2) is 30.7 Å². The molecule has 2 aromatic rings. The first-order valence-corrected chi connectivity index (χ1v) is 17.1. The molecule has 256 valence electrons. The molecule has 3 saturated heterocycles. The second kappa shape index (κ2) is 13.5. The van der Waals surface area contributed by atoms with Crippen molar-refractivity contribution < 1.29 is 28.2 Å². The van der Waals surface area contributed by atoms with Crippen LogP contribution in [0.4, 0.5) is 15.0 Å². The van der Waals surface area contributed by atoms with E-state index in [2.05, 4.69) is 25.1 Å². The fraction of sp³-hybridized carbons (Fsp3) is 0.657. The number of carbonyl (C=O) groups excluding carboxylic acids is 2. The van der Waals surface area contributed by atoms with Gasteiger partial charge in [0.05, 0.1) is 30.5 Å². The predicted molar refractivity (Wildman–Crippen MR) is 175 cm³/mol. The zero-order chi connectivity index (χ0) is 33.3. The van der Waals surface area contributed by atoms with E-state index in [9.17, 15) is 14.0 Å². The molecule has 1 aromatic heterocycles. The van der Waals surface area contributed by atoms with Gasteiger partial charge in [-0.1, -0.05) is 0 Å². The highest BCUT2D eigenvalue weighted by molar-refractivity contribution is 5.97. The lowest BCUT2D eigenvalue weighted by atomic mass is 9.72. The van der Waals surface area contributed by atoms with Gasteiger partial charge in [0.25, 0.3) is 5.91 Å². The Labute approximate surface area is 277 Å². The van der Waals surface area contributed by atoms with Crippen LogP contribution >= 0.6 is 0 Å². The van der Waals surface area contributed by atoms with Crippen molar-refractivity contribution in [3.8, 4) is 11.5 Å². The molecule has 1 spiro atoms. The smallest absolute Gasteiger partial charge is 0.407 e. The van der Waals surface area contributed by atoms with Crippen LogP contribution in [0.25, 0.3) is 0 Å². The molecule has 4 aliphatic rings. The number of hydrogen-bond donors (Lipinski definition) is 1. The predicted octanol–water partition coefficient (Wildman–Crippen LogP) is 5.40. The van der Waals surface area contributed by atoms with E-state index >= 15 is 0 Å². The van der Waals surface area contributed by atoms with Gasteiger partial charge in [0.2, 0.25) is 0 Å². The molecule has 0 radical (unpaired) electrons. The second-order valence-electron chi connectivity index (χ2n) is 15.0. The van der Waals surface area contributed by atoms with Gasteiger partial charge in [-0.2, -0.15) is 0 Å². The van der Waals surface area contributed by atoms with Crippen molar-refractivity contribution in [3.05, 3.63) is 42.1 Å². The van der Waals surface area contributed by atoms with Crippen LogP contribution in [0, 0.1) is 11.2 Å². The third-order valence-electron chi connectivity index (χ3n) is 9.60. The lowest BCUT2D eigenvalue weighted by molar-refractivity contribution is -0.0347. The van der Waals surface area contributed by atoms with Gasteiger partial charge >= 0.3 is 6.09 Å². The molecule has 2 amide bonds. The molecular formula is C35H49FN6O5. The van der Waals surface area contributed by atoms with Gasteiger partial charge in [0.15, 0.2) is 11.6 Å². The molecule has 0 unspecified atom stereocenters. The van der Waals surface area contributed by atoms with E-state index in [0.717, 1.165) is 71.2 Å². The fourth-order valence-electron chi connectivity index (χ4n) is 7.08. The van der Waals surface area contributed by atoms with Crippen LogP contribution in [0.5, 0.6) is 11.5 Å². The number of amides is 2. The van der Waals surface area contributed by atoms with Crippen molar-refractivity contribution in [1.82, 2.24) is 25.1 Å². The number of halogens is 1. The second-order valence-corrected chi connectivity index (χ2v) is 15.0. The maximum atomic E-state index is 14.4. The molecule has 1 N–H and O–H groups in total. The van der Waals surface area contributed by atoms with Gasteiger partial charge in [0, 0.05) is 37.1 Å². The van der Waals surface area contributed by atoms with Gasteiger partial charge in [-0.15, -0.1) is 0 Å². The maximum Gasteiger partial charge on any atom is 0.407 e. The zero-order valence-corrected chi connectivity index (χ0v) is 28.3. The number of nitrogens with one attached hydrogen (secondary N) is 1. The van der Waals surface area contributed by atoms with Crippen molar-refractivity contribution >= 4 is 17.8 Å². The Hall–Kier alpha value is -3.51. The van der Waals surface area contributed by atoms with Crippen LogP contribution in [0.2, 0.25) is 0 Å². The first-order valence-electron chi connectivity index (χ1n) is 17.1. The summed E-state index contributed by atoms with van der Waals surface area (Å²) in [5.41, 5.74) is -0.0887. The number of aromatic nitrogens is 2. The molecule has 47 heavy (non-hydrogen) atoms. The summed E-state index contributed by atoms with van der Waals surface area (Å²) in [6.07, 6.45) is 8.79. The van der Waals surface area contributed by atoms with Gasteiger partial charge in [-0.3, -0.25) is 4.79 Å². The highest BCUT2D eigenvalue weighted by Crippen LogP contribution is 2.45. The van der Waals surface area contributed by atoms with E-state index in [1.807, 2.05) is 39.5 Å². The third kappa shape index (κ3) is 8.14. The molecular weight excluding hydrogens is 603 g/mol. The average molecular weight is 653 g/mol. The number of nitrogens with zero attached hydrogens (tertiary/aromatic N) is 5. The molecule has 0 bridgehead atoms. The summed E-state index contributed by atoms with van der Waals surface area (Å²) in [6.45, 7) is 14.7. The van der Waals surface area contributed by atoms with Crippen LogP contribution in [0.3, 0.4) is 0 Å². The monoisotopic (exact) mass is 652 g/mol. The van der Waals surface area contributed by atoms with Crippen molar-refractivity contribution in [1.29, 1.82) is 0 Å². The first-order chi connectivity index (χ1) is 22.4. The van der Waals surface area contributed by atoms with Crippen molar-refractivity contribution in [2.45, 2.75) is 103 Å². The lowest BCUT2D eigenvalue weighted by Crippen LogP contribution is -2.61. The van der Waals surface area contributed by atoms with Crippen LogP contribution in [0.1, 0.15) is 83.5 Å². The van der Waals surface area contributed by atoms with Crippen molar-refractivity contribution in [3.63, 3.8) is 0 Å². The van der Waals surface area contributed by atoms with Gasteiger partial charge < -0.3 is 34.2 Å². The SMILES string of the molecule is CC(C)N(C(=O)c1cc(F)ccc1Oc1cncnc1N1CC2(CCN(C[C@@H]3CC[C@@H](NC(=O)OC(C)(C)C)CO3)CC2)C1)C1CC1. The van der Waals surface area contributed by atoms with Crippen LogP contribution in [-0.4, -0.2) is 101 Å². The van der Waals surface area contributed by atoms with E-state index in [-0.39, 0.29) is 41.1 Å². The Morgan fingerprint density at radius 1 is 1.13 bits per heavy atom. The molecule has 1 saturated carbocycles. The molecule has 11 nitrogen and oxygen atoms in total. The summed E-state index contributed by atoms with van der Waals surface area (Å²) in [4.78, 5) is 41.0. The topological polar surface area (TPSA) is 109 Å². The highest BCUT2D eigenvalue weighted by Gasteiger charge is 2.46. The maximum absolute atomic E-state index is 14.4. The molecule has 12 heteroatoms. The lowest BCUT2D eigenvalue weighted by Gasteiger charge is -2.54. The number of alkyl carbamates (subject to hydrolysis) is 1. The number of benzene rings is 1. The first kappa shape index (κ1) is 33.4. The largest absolute Gasteiger partial charge is 0.451 e. The summed E-state index contributed by atoms with van der Waals surface area (Å²) in [5, 5.41) is 2.93. The fourth-order valence-corrected chi connectivity index (χ4v) is 7.08. The summed E-state index contributed by atoms with van der Waals surface area (Å²) in [7, 11) is 0. The van der Waals surface area contributed by atoms with E-state index in [0.29, 0.717) is 23.9 Å². The normalized spacial score (nSPS) is 22.9. The Kier molecular flexibility index (Phi) is 9.62. The Morgan fingerprint density at radius 2 is 1.87 bits per heavy atom. The standard InChI is InChI=1S/C35H49FN6O5/c1-23(2)42(26-8-9-26)32(43)28-16-24(36)6-11-29(28)46-30-17-37-22-38-31(30)41-20-35(21-41)12-14-40(15-13-35)18-27-10-7-25(19-45-27)39-33(44)47-34(3,4)5/h6,11,16-17,22-23,25-27H,7-10,12-15,18-21H2,1-5H3,(H,39,44)/t25-,27+/m1/s1. The number of anilines is 1. The average Bonchev–Trinajstić information content (AvgIpc) is 3.83. The van der Waals surface area contributed by atoms with E-state index in [4.69, 9.17) is 14.2 Å². The molecule has 4 heterocycles. The third-order valence-corrected chi connectivity index (χ3v) is 9.60. The molecule has 1 aromatic carbocycles. The molecule has 6 rings (SSSR count). The summed E-state index contributed by atoms with van der Waals surface area (Å²) < 4.78 is 32.2. The van der Waals surface area contributed by atoms with E-state index in [1.54, 1.807) is 6.20 Å². The minimum atomic E-state index is -0.517. The molecule has 2 atom stereocenters. The zero-order valence-electron chi connectivity index (χ0n) is 28.3. The number of hydrogen-bond acceptors (Lipinski definition) is 9. The van der Waals surface area contributed by atoms with Crippen LogP contribution in [-0.2, 0) is 9.47 Å². The Balaban J connectivity index is 1.01. The van der Waals surface area contributed by atoms with Gasteiger partial charge in [-0.25, -0.2) is 19.2 Å². The van der Waals surface area contributed by atoms with E-state index < -0.39 is 17.5 Å². The minimum Gasteiger partial charge on any atom is -0.451 e. The van der Waals surface area contributed by atoms with Crippen molar-refractivity contribution in [2.24, 2.45) is 5.41 Å². The van der Waals surface area contributed by atoms with Gasteiger partial charge in [-0.05, 0) is 104 Å². The van der Waals surface area contributed by atoms with Crippen LogP contribution < -0.4 is 15.0 Å². The van der Waals surface area contributed by atoms with Gasteiger partial charge in [0.1, 0.15) is 23.5 Å². The quantitative estimate of drug-likeness (QED) is 0.381. The number of rotatable bonds is 9. The number of ether oxygens (including phenoxy) is 3. The van der Waals surface area contributed by atoms with Crippen molar-refractivity contribution in [2.75, 3.05) is 44.2 Å². The molecule has 1 aliphatic carbocycles. The molecule has 3 aliphatic heterocycles. The minimum absolute atomic E-state index is 0.00101. The number of piperidine rings is 1. The van der Waals surface area contributed by atoms with E-state index in [1.165, 1.54) is 24.5 Å².